The number of hydrogen-bond acceptors (Lipinski definition) is 13. The summed E-state index contributed by atoms with van der Waals surface area (Å²) < 4.78 is 27.1. The molecule has 3 saturated heterocycles. The van der Waals surface area contributed by atoms with Crippen molar-refractivity contribution in [3.05, 3.63) is 71.8 Å². The Balaban J connectivity index is 1.20. The molecule has 71 heavy (non-hydrogen) atoms. The molecule has 7 rings (SSSR count). The lowest BCUT2D eigenvalue weighted by atomic mass is 9.84. The van der Waals surface area contributed by atoms with Crippen molar-refractivity contribution in [3.8, 4) is 11.3 Å². The number of benzene rings is 1. The van der Waals surface area contributed by atoms with Crippen LogP contribution in [0.3, 0.4) is 0 Å². The van der Waals surface area contributed by atoms with Gasteiger partial charge in [0.1, 0.15) is 24.4 Å². The molecule has 16 nitrogen and oxygen atoms in total. The predicted octanol–water partition coefficient (Wildman–Crippen LogP) is 6.45. The second kappa shape index (κ2) is 24.3. The fourth-order valence-corrected chi connectivity index (χ4v) is 10.9. The number of fused-ring (bicyclic) bond motifs is 1. The van der Waals surface area contributed by atoms with Crippen LogP contribution in [0, 0.1) is 17.3 Å². The molecule has 4 N–H and O–H groups in total. The molecule has 2 amide bonds. The number of nitrogens with one attached hydrogen (secondary N) is 4. The van der Waals surface area contributed by atoms with Gasteiger partial charge in [-0.2, -0.15) is 0 Å². The van der Waals surface area contributed by atoms with Crippen LogP contribution < -0.4 is 26.4 Å². The van der Waals surface area contributed by atoms with Crippen LogP contribution in [0.5, 0.6) is 0 Å². The zero-order valence-corrected chi connectivity index (χ0v) is 44.3. The monoisotopic (exact) mass is 982 g/mol. The highest BCUT2D eigenvalue weighted by Gasteiger charge is 2.40. The van der Waals surface area contributed by atoms with E-state index >= 15 is 0 Å². The number of anilines is 1. The van der Waals surface area contributed by atoms with E-state index in [2.05, 4.69) is 94.4 Å². The highest BCUT2D eigenvalue weighted by atomic mass is 16.5. The van der Waals surface area contributed by atoms with E-state index in [-0.39, 0.29) is 67.1 Å². The summed E-state index contributed by atoms with van der Waals surface area (Å²) in [4.78, 5) is 51.8. The first-order valence-corrected chi connectivity index (χ1v) is 26.1. The number of hydrazine groups is 1. The van der Waals surface area contributed by atoms with Gasteiger partial charge in [-0.3, -0.25) is 29.7 Å². The van der Waals surface area contributed by atoms with Crippen LogP contribution in [0.2, 0.25) is 0 Å². The third-order valence-electron chi connectivity index (χ3n) is 15.2. The predicted molar refractivity (Wildman–Crippen MR) is 280 cm³/mol. The molecule has 0 radical (unpaired) electrons. The number of nitrogens with zero attached hydrogens (tertiary/aromatic N) is 5. The number of pyridine rings is 1. The second-order valence-corrected chi connectivity index (χ2v) is 21.1. The van der Waals surface area contributed by atoms with Crippen molar-refractivity contribution in [1.29, 1.82) is 0 Å². The molecule has 1 aliphatic carbocycles. The molecule has 0 bridgehead atoms. The van der Waals surface area contributed by atoms with E-state index in [1.807, 2.05) is 26.1 Å². The summed E-state index contributed by atoms with van der Waals surface area (Å²) in [6.45, 7) is 23.3. The van der Waals surface area contributed by atoms with Crippen molar-refractivity contribution >= 4 is 34.4 Å². The Morgan fingerprint density at radius 1 is 1.01 bits per heavy atom. The van der Waals surface area contributed by atoms with Crippen LogP contribution in [-0.4, -0.2) is 142 Å². The van der Waals surface area contributed by atoms with Crippen molar-refractivity contribution in [1.82, 2.24) is 40.8 Å². The Labute approximate surface area is 422 Å². The quantitative estimate of drug-likeness (QED) is 0.0466. The Kier molecular flexibility index (Phi) is 18.4. The minimum absolute atomic E-state index is 0.0436. The van der Waals surface area contributed by atoms with Gasteiger partial charge < -0.3 is 43.9 Å². The number of aryl methyl sites for hydroxylation is 1. The van der Waals surface area contributed by atoms with Gasteiger partial charge in [0.15, 0.2) is 0 Å². The van der Waals surface area contributed by atoms with Crippen LogP contribution in [0.4, 0.5) is 5.69 Å². The zero-order valence-electron chi connectivity index (χ0n) is 44.3. The van der Waals surface area contributed by atoms with Gasteiger partial charge in [-0.1, -0.05) is 40.3 Å². The van der Waals surface area contributed by atoms with Crippen molar-refractivity contribution in [2.75, 3.05) is 85.7 Å². The SMILES string of the molecule is C=C/C(=C\CC(OC)c1ccc2c(c1)c(CC(C)(C)COC(=O)[C@@H]1CCCNN1)c(-c1cc(N3CCN(C4CC4)CC3)cnc1[C@H](C)OC)n2CC)OC[C@H]1NCC[C@@H]1C(=O)N(C)[C@H](C(=O)NC)C(C)C. The minimum Gasteiger partial charge on any atom is -0.492 e. The lowest BCUT2D eigenvalue weighted by molar-refractivity contribution is -0.150. The Bertz CT molecular complexity index is 2350. The van der Waals surface area contributed by atoms with E-state index in [9.17, 15) is 14.4 Å². The largest absolute Gasteiger partial charge is 0.492 e. The highest BCUT2D eigenvalue weighted by molar-refractivity contribution is 5.94. The Morgan fingerprint density at radius 2 is 1.77 bits per heavy atom. The third kappa shape index (κ3) is 12.7. The lowest BCUT2D eigenvalue weighted by Gasteiger charge is -2.36. The van der Waals surface area contributed by atoms with E-state index in [0.29, 0.717) is 38.1 Å². The van der Waals surface area contributed by atoms with Crippen LogP contribution in [-0.2, 0) is 46.3 Å². The normalized spacial score (nSPS) is 21.5. The first-order valence-electron chi connectivity index (χ1n) is 26.1. The van der Waals surface area contributed by atoms with Crippen molar-refractivity contribution < 1.29 is 33.3 Å². The Hall–Kier alpha value is -4.84. The average molecular weight is 982 g/mol. The summed E-state index contributed by atoms with van der Waals surface area (Å²) in [6.07, 6.45) is 11.2. The van der Waals surface area contributed by atoms with Crippen molar-refractivity contribution in [2.45, 2.75) is 129 Å². The van der Waals surface area contributed by atoms with Crippen LogP contribution in [0.15, 0.2) is 55.0 Å². The maximum absolute atomic E-state index is 13.8. The minimum atomic E-state index is -0.563. The number of allylic oxidation sites excluding steroid dienone is 1. The van der Waals surface area contributed by atoms with Gasteiger partial charge in [-0.25, -0.2) is 5.43 Å². The lowest BCUT2D eigenvalue weighted by Crippen LogP contribution is -2.53. The molecule has 390 valence electrons. The maximum Gasteiger partial charge on any atom is 0.324 e. The Morgan fingerprint density at radius 3 is 2.41 bits per heavy atom. The van der Waals surface area contributed by atoms with Gasteiger partial charge in [0.05, 0.1) is 54.0 Å². The summed E-state index contributed by atoms with van der Waals surface area (Å²) in [5, 5.41) is 7.28. The number of esters is 1. The van der Waals surface area contributed by atoms with Crippen LogP contribution in [0.1, 0.15) is 109 Å². The first-order chi connectivity index (χ1) is 34.1. The number of aromatic nitrogens is 2. The average Bonchev–Trinajstić information content (AvgIpc) is 4.06. The van der Waals surface area contributed by atoms with Gasteiger partial charge >= 0.3 is 5.97 Å². The summed E-state index contributed by atoms with van der Waals surface area (Å²) in [5.41, 5.74) is 13.2. The second-order valence-electron chi connectivity index (χ2n) is 21.1. The maximum atomic E-state index is 13.8. The van der Waals surface area contributed by atoms with Crippen molar-refractivity contribution in [2.24, 2.45) is 17.3 Å². The molecular formula is C55H83N9O7. The number of carbonyl (C=O) groups excluding carboxylic acids is 3. The molecule has 6 atom stereocenters. The van der Waals surface area contributed by atoms with E-state index < -0.39 is 11.5 Å². The van der Waals surface area contributed by atoms with E-state index in [1.165, 1.54) is 12.8 Å². The zero-order chi connectivity index (χ0) is 51.0. The van der Waals surface area contributed by atoms with Crippen LogP contribution >= 0.6 is 0 Å². The van der Waals surface area contributed by atoms with Gasteiger partial charge in [0.25, 0.3) is 0 Å². The molecule has 3 aromatic rings. The van der Waals surface area contributed by atoms with E-state index in [1.54, 1.807) is 39.3 Å². The number of hydrogen-bond donors (Lipinski definition) is 4. The number of amides is 2. The van der Waals surface area contributed by atoms with Gasteiger partial charge in [0.2, 0.25) is 11.8 Å². The van der Waals surface area contributed by atoms with E-state index in [0.717, 1.165) is 96.3 Å². The number of carbonyl (C=O) groups is 3. The number of piperazine rings is 1. The van der Waals surface area contributed by atoms with Crippen molar-refractivity contribution in [3.63, 3.8) is 0 Å². The number of methoxy groups -OCH3 is 2. The molecule has 0 spiro atoms. The first kappa shape index (κ1) is 53.9. The molecule has 2 aromatic heterocycles. The fraction of sp³-hybridized carbons (Fsp3) is 0.636. The fourth-order valence-electron chi connectivity index (χ4n) is 10.9. The molecule has 3 aliphatic heterocycles. The molecule has 4 aliphatic rings. The third-order valence-corrected chi connectivity index (χ3v) is 15.2. The molecule has 4 fully saturated rings. The standard InChI is InChI=1S/C55H83N9O7/c1-12-40(70-33-46-41(22-24-57-46)53(66)61(9)50(35(3)4)52(65)56-8)19-21-48(69-11)37-16-20-47-42(29-37)44(31-55(6,7)34-71-54(67)45-15-14-23-59-60-45)51(64(47)13-2)43-30-39(32-58-49(43)36(5)68-10)63-27-25-62(26-28-63)38-17-18-38/h12,16,19-20,29-30,32,35-36,38,41,45-46,48,50,57,59-60H,1,13-15,17-18,21-28,31,33-34H2,2-11H3,(H,56,65)/b40-19+/t36-,41-,45-,46+,48?,50-/m0/s1. The number of rotatable bonds is 23. The molecule has 1 saturated carbocycles. The topological polar surface area (TPSA) is 164 Å². The molecular weight excluding hydrogens is 899 g/mol. The smallest absolute Gasteiger partial charge is 0.324 e. The summed E-state index contributed by atoms with van der Waals surface area (Å²) >= 11 is 0. The van der Waals surface area contributed by atoms with Gasteiger partial charge in [-0.15, -0.1) is 0 Å². The molecule has 16 heteroatoms. The molecule has 5 heterocycles. The van der Waals surface area contributed by atoms with E-state index in [4.69, 9.17) is 23.9 Å². The van der Waals surface area contributed by atoms with Crippen LogP contribution in [0.25, 0.3) is 22.2 Å². The van der Waals surface area contributed by atoms with Gasteiger partial charge in [-0.05, 0) is 113 Å². The summed E-state index contributed by atoms with van der Waals surface area (Å²) in [5.74, 6) is -0.259. The highest BCUT2D eigenvalue weighted by Crippen LogP contribution is 2.43. The van der Waals surface area contributed by atoms with Gasteiger partial charge in [0, 0.05) is 95.5 Å². The summed E-state index contributed by atoms with van der Waals surface area (Å²) in [7, 11) is 6.79. The molecule has 1 aromatic carbocycles. The number of ether oxygens (including phenoxy) is 4. The number of likely N-dealkylation sites (N-methyl/N-ethyl adjacent to an activating group) is 2. The summed E-state index contributed by atoms with van der Waals surface area (Å²) in [6, 6.07) is 8.53. The molecule has 1 unspecified atom stereocenters.